The predicted molar refractivity (Wildman–Crippen MR) is 68.1 cm³/mol. The quantitative estimate of drug-likeness (QED) is 0.752. The maximum Gasteiger partial charge on any atom is 0.124 e. The van der Waals surface area contributed by atoms with Gasteiger partial charge in [-0.15, -0.1) is 0 Å². The number of nitrogens with zero attached hydrogens (tertiary/aromatic N) is 1. The van der Waals surface area contributed by atoms with Crippen LogP contribution in [0.5, 0.6) is 0 Å². The van der Waals surface area contributed by atoms with E-state index in [2.05, 4.69) is 24.1 Å². The molecule has 0 spiro atoms. The SMILES string of the molecule is CCC(CC)Nc1cccnc1C(N)=S. The Bertz CT molecular complexity index is 334. The first kappa shape index (κ1) is 11.9. The van der Waals surface area contributed by atoms with E-state index < -0.39 is 0 Å². The summed E-state index contributed by atoms with van der Waals surface area (Å²) in [4.78, 5) is 4.51. The van der Waals surface area contributed by atoms with E-state index in [0.29, 0.717) is 16.7 Å². The number of nitrogens with one attached hydrogen (secondary N) is 1. The fourth-order valence-corrected chi connectivity index (χ4v) is 1.59. The van der Waals surface area contributed by atoms with Crippen molar-refractivity contribution in [1.29, 1.82) is 0 Å². The Morgan fingerprint density at radius 2 is 2.20 bits per heavy atom. The largest absolute Gasteiger partial charge is 0.388 e. The second kappa shape index (κ2) is 5.66. The highest BCUT2D eigenvalue weighted by Crippen LogP contribution is 2.15. The third kappa shape index (κ3) is 3.16. The minimum Gasteiger partial charge on any atom is -0.388 e. The van der Waals surface area contributed by atoms with Gasteiger partial charge in [0.1, 0.15) is 10.7 Å². The smallest absolute Gasteiger partial charge is 0.124 e. The normalized spacial score (nSPS) is 10.3. The number of hydrogen-bond donors (Lipinski definition) is 2. The van der Waals surface area contributed by atoms with Crippen LogP contribution in [0.3, 0.4) is 0 Å². The zero-order valence-corrected chi connectivity index (χ0v) is 9.97. The van der Waals surface area contributed by atoms with E-state index in [1.165, 1.54) is 0 Å². The lowest BCUT2D eigenvalue weighted by Crippen LogP contribution is -2.21. The number of nitrogens with two attached hydrogens (primary N) is 1. The second-order valence-electron chi connectivity index (χ2n) is 3.42. The molecule has 0 aromatic carbocycles. The van der Waals surface area contributed by atoms with E-state index in [1.807, 2.05) is 12.1 Å². The van der Waals surface area contributed by atoms with E-state index in [0.717, 1.165) is 18.5 Å². The number of rotatable bonds is 5. The summed E-state index contributed by atoms with van der Waals surface area (Å²) in [5.41, 5.74) is 7.21. The van der Waals surface area contributed by atoms with Gasteiger partial charge in [0.15, 0.2) is 0 Å². The van der Waals surface area contributed by atoms with Crippen molar-refractivity contribution in [3.05, 3.63) is 24.0 Å². The molecule has 0 aliphatic carbocycles. The molecule has 82 valence electrons. The molecule has 3 N–H and O–H groups in total. The van der Waals surface area contributed by atoms with Gasteiger partial charge in [0.05, 0.1) is 5.69 Å². The van der Waals surface area contributed by atoms with Crippen molar-refractivity contribution in [2.75, 3.05) is 5.32 Å². The van der Waals surface area contributed by atoms with E-state index in [4.69, 9.17) is 18.0 Å². The fraction of sp³-hybridized carbons (Fsp3) is 0.455. The summed E-state index contributed by atoms with van der Waals surface area (Å²) in [7, 11) is 0. The van der Waals surface area contributed by atoms with Crippen LogP contribution < -0.4 is 11.1 Å². The molecule has 0 unspecified atom stereocenters. The van der Waals surface area contributed by atoms with Crippen molar-refractivity contribution in [3.8, 4) is 0 Å². The lowest BCUT2D eigenvalue weighted by molar-refractivity contribution is 0.671. The molecule has 15 heavy (non-hydrogen) atoms. The zero-order chi connectivity index (χ0) is 11.3. The molecule has 0 saturated carbocycles. The van der Waals surface area contributed by atoms with Crippen molar-refractivity contribution >= 4 is 22.9 Å². The van der Waals surface area contributed by atoms with Crippen molar-refractivity contribution in [2.24, 2.45) is 5.73 Å². The summed E-state index contributed by atoms with van der Waals surface area (Å²) in [6, 6.07) is 4.29. The van der Waals surface area contributed by atoms with Gasteiger partial charge in [-0.3, -0.25) is 4.98 Å². The van der Waals surface area contributed by atoms with Gasteiger partial charge < -0.3 is 11.1 Å². The van der Waals surface area contributed by atoms with Crippen molar-refractivity contribution in [3.63, 3.8) is 0 Å². The second-order valence-corrected chi connectivity index (χ2v) is 3.86. The number of thiocarbonyl (C=S) groups is 1. The van der Waals surface area contributed by atoms with Crippen LogP contribution >= 0.6 is 12.2 Å². The Hall–Kier alpha value is -1.16. The van der Waals surface area contributed by atoms with Gasteiger partial charge in [-0.2, -0.15) is 0 Å². The molecule has 0 radical (unpaired) electrons. The third-order valence-corrected chi connectivity index (χ3v) is 2.58. The van der Waals surface area contributed by atoms with Crippen LogP contribution in [-0.2, 0) is 0 Å². The Kier molecular flexibility index (Phi) is 4.49. The molecule has 0 aliphatic heterocycles. The summed E-state index contributed by atoms with van der Waals surface area (Å²) in [6.45, 7) is 4.30. The molecular weight excluding hydrogens is 206 g/mol. The maximum absolute atomic E-state index is 5.60. The molecule has 0 amide bonds. The van der Waals surface area contributed by atoms with Crippen LogP contribution in [0.4, 0.5) is 5.69 Å². The lowest BCUT2D eigenvalue weighted by atomic mass is 10.1. The monoisotopic (exact) mass is 223 g/mol. The molecule has 0 atom stereocenters. The highest BCUT2D eigenvalue weighted by atomic mass is 32.1. The predicted octanol–water partition coefficient (Wildman–Crippen LogP) is 2.32. The summed E-state index contributed by atoms with van der Waals surface area (Å²) >= 11 is 4.95. The molecular formula is C11H17N3S. The standard InChI is InChI=1S/C11H17N3S/c1-3-8(4-2)14-9-6-5-7-13-10(9)11(12)15/h5-8,14H,3-4H2,1-2H3,(H2,12,15). The minimum atomic E-state index is 0.337. The number of pyridine rings is 1. The number of aromatic nitrogens is 1. The first-order valence-corrected chi connectivity index (χ1v) is 5.61. The average molecular weight is 223 g/mol. The first-order valence-electron chi connectivity index (χ1n) is 5.20. The van der Waals surface area contributed by atoms with Crippen molar-refractivity contribution in [1.82, 2.24) is 4.98 Å². The van der Waals surface area contributed by atoms with Crippen LogP contribution in [0, 0.1) is 0 Å². The third-order valence-electron chi connectivity index (χ3n) is 2.39. The topological polar surface area (TPSA) is 50.9 Å². The summed E-state index contributed by atoms with van der Waals surface area (Å²) in [6.07, 6.45) is 3.84. The molecule has 0 bridgehead atoms. The number of anilines is 1. The summed E-state index contributed by atoms with van der Waals surface area (Å²) < 4.78 is 0. The van der Waals surface area contributed by atoms with Gasteiger partial charge in [0, 0.05) is 12.2 Å². The Morgan fingerprint density at radius 1 is 1.53 bits per heavy atom. The Labute approximate surface area is 96.1 Å². The van der Waals surface area contributed by atoms with E-state index >= 15 is 0 Å². The van der Waals surface area contributed by atoms with Gasteiger partial charge in [0.2, 0.25) is 0 Å². The van der Waals surface area contributed by atoms with Gasteiger partial charge >= 0.3 is 0 Å². The minimum absolute atomic E-state index is 0.337. The molecule has 1 aromatic rings. The van der Waals surface area contributed by atoms with E-state index in [1.54, 1.807) is 6.20 Å². The number of hydrogen-bond acceptors (Lipinski definition) is 3. The van der Waals surface area contributed by atoms with Crippen molar-refractivity contribution in [2.45, 2.75) is 32.7 Å². The molecule has 4 heteroatoms. The highest BCUT2D eigenvalue weighted by Gasteiger charge is 2.09. The zero-order valence-electron chi connectivity index (χ0n) is 9.16. The van der Waals surface area contributed by atoms with Gasteiger partial charge in [-0.1, -0.05) is 26.1 Å². The molecule has 0 aliphatic rings. The fourth-order valence-electron chi connectivity index (χ4n) is 1.43. The van der Waals surface area contributed by atoms with Crippen LogP contribution in [0.2, 0.25) is 0 Å². The molecule has 1 aromatic heterocycles. The van der Waals surface area contributed by atoms with E-state index in [9.17, 15) is 0 Å². The van der Waals surface area contributed by atoms with Gasteiger partial charge in [-0.25, -0.2) is 0 Å². The van der Waals surface area contributed by atoms with Gasteiger partial charge in [-0.05, 0) is 25.0 Å². The summed E-state index contributed by atoms with van der Waals surface area (Å²) in [5, 5.41) is 3.40. The first-order chi connectivity index (χ1) is 7.19. The van der Waals surface area contributed by atoms with Crippen LogP contribution in [-0.4, -0.2) is 16.0 Å². The molecule has 0 fully saturated rings. The Balaban J connectivity index is 2.88. The molecule has 1 heterocycles. The van der Waals surface area contributed by atoms with Crippen LogP contribution in [0.25, 0.3) is 0 Å². The van der Waals surface area contributed by atoms with Crippen LogP contribution in [0.15, 0.2) is 18.3 Å². The van der Waals surface area contributed by atoms with E-state index in [-0.39, 0.29) is 0 Å². The maximum atomic E-state index is 5.60. The van der Waals surface area contributed by atoms with Gasteiger partial charge in [0.25, 0.3) is 0 Å². The Morgan fingerprint density at radius 3 is 2.73 bits per heavy atom. The molecule has 0 saturated heterocycles. The highest BCUT2D eigenvalue weighted by molar-refractivity contribution is 7.80. The lowest BCUT2D eigenvalue weighted by Gasteiger charge is -2.17. The molecule has 3 nitrogen and oxygen atoms in total. The van der Waals surface area contributed by atoms with Crippen molar-refractivity contribution < 1.29 is 0 Å². The molecule has 1 rings (SSSR count). The van der Waals surface area contributed by atoms with Crippen LogP contribution in [0.1, 0.15) is 32.4 Å². The average Bonchev–Trinajstić information content (AvgIpc) is 2.26. The summed E-state index contributed by atoms with van der Waals surface area (Å²) in [5.74, 6) is 0.